The summed E-state index contributed by atoms with van der Waals surface area (Å²) < 4.78 is 49.8. The Morgan fingerprint density at radius 3 is 2.04 bits per heavy atom. The normalized spacial score (nSPS) is 18.5. The van der Waals surface area contributed by atoms with Crippen molar-refractivity contribution in [3.63, 3.8) is 0 Å². The maximum absolute atomic E-state index is 12.9. The molecule has 0 spiro atoms. The molecule has 0 heterocycles. The Bertz CT molecular complexity index is 707. The number of hydrogen-bond acceptors (Lipinski definition) is 2. The predicted octanol–water partition coefficient (Wildman–Crippen LogP) is 5.34. The molecular weight excluding hydrogens is 337 g/mol. The number of rotatable bonds is 4. The van der Waals surface area contributed by atoms with Crippen LogP contribution in [0.15, 0.2) is 58.3 Å². The van der Waals surface area contributed by atoms with Gasteiger partial charge in [-0.1, -0.05) is 47.6 Å². The van der Waals surface area contributed by atoms with Gasteiger partial charge in [-0.3, -0.25) is 0 Å². The first-order valence-electron chi connectivity index (χ1n) is 7.50. The maximum atomic E-state index is 12.9. The second kappa shape index (κ2) is 6.43. The molecule has 6 heteroatoms. The summed E-state index contributed by atoms with van der Waals surface area (Å²) in [6.45, 7) is 2.71. The molecule has 0 bridgehead atoms. The molecule has 0 radical (unpaired) electrons. The molecule has 24 heavy (non-hydrogen) atoms. The summed E-state index contributed by atoms with van der Waals surface area (Å²) >= 11 is 0. The maximum Gasteiger partial charge on any atom is 0.421 e. The summed E-state index contributed by atoms with van der Waals surface area (Å²) in [6.07, 6.45) is -2.32. The lowest BCUT2D eigenvalue weighted by Gasteiger charge is -2.33. The molecule has 0 aliphatic heterocycles. The highest BCUT2D eigenvalue weighted by molar-refractivity contribution is 8.28. The van der Waals surface area contributed by atoms with Gasteiger partial charge in [-0.2, -0.15) is 13.2 Å². The van der Waals surface area contributed by atoms with Crippen LogP contribution >= 0.6 is 10.3 Å². The molecule has 2 atom stereocenters. The summed E-state index contributed by atoms with van der Waals surface area (Å²) in [6, 6.07) is 12.8. The smallest absolute Gasteiger partial charge is 0.376 e. The molecule has 0 amide bonds. The minimum Gasteiger partial charge on any atom is -0.376 e. The number of alkyl halides is 3. The van der Waals surface area contributed by atoms with Gasteiger partial charge in [-0.25, -0.2) is 0 Å². The molecule has 0 saturated carbocycles. The number of aliphatic hydroxyl groups is 1. The van der Waals surface area contributed by atoms with Gasteiger partial charge in [0.25, 0.3) is 0 Å². The minimum atomic E-state index is -4.77. The molecule has 132 valence electrons. The number of hydrogen-bond donors (Lipinski definition) is 2. The van der Waals surface area contributed by atoms with Crippen LogP contribution in [-0.4, -0.2) is 22.1 Å². The molecule has 2 nitrogen and oxygen atoms in total. The van der Waals surface area contributed by atoms with Gasteiger partial charge in [0, 0.05) is 9.79 Å². The molecule has 2 aromatic carbocycles. The average molecular weight is 358 g/mol. The van der Waals surface area contributed by atoms with Gasteiger partial charge >= 0.3 is 6.18 Å². The third-order valence-corrected chi connectivity index (χ3v) is 6.65. The van der Waals surface area contributed by atoms with E-state index in [4.69, 9.17) is 0 Å². The Hall–Kier alpha value is -1.50. The Kier molecular flexibility index (Phi) is 5.04. The largest absolute Gasteiger partial charge is 0.421 e. The zero-order chi connectivity index (χ0) is 18.2. The van der Waals surface area contributed by atoms with Crippen LogP contribution < -0.4 is 0 Å². The highest BCUT2D eigenvalue weighted by atomic mass is 32.3. The first kappa shape index (κ1) is 18.8. The van der Waals surface area contributed by atoms with E-state index in [0.717, 1.165) is 23.8 Å². The number of benzene rings is 2. The van der Waals surface area contributed by atoms with Gasteiger partial charge in [0.05, 0.1) is 0 Å². The Labute approximate surface area is 141 Å². The van der Waals surface area contributed by atoms with E-state index < -0.39 is 22.1 Å². The third kappa shape index (κ3) is 3.31. The van der Waals surface area contributed by atoms with Crippen LogP contribution in [0.25, 0.3) is 0 Å². The third-order valence-electron chi connectivity index (χ3n) is 4.21. The van der Waals surface area contributed by atoms with E-state index in [1.54, 1.807) is 6.26 Å². The average Bonchev–Trinajstić information content (AvgIpc) is 2.53. The van der Waals surface area contributed by atoms with Crippen LogP contribution in [0.5, 0.6) is 0 Å². The van der Waals surface area contributed by atoms with Crippen LogP contribution in [0.4, 0.5) is 13.2 Å². The van der Waals surface area contributed by atoms with Gasteiger partial charge in [0.2, 0.25) is 0 Å². The Morgan fingerprint density at radius 1 is 1.00 bits per heavy atom. The molecule has 2 aromatic rings. The van der Waals surface area contributed by atoms with Crippen molar-refractivity contribution >= 4 is 10.3 Å². The Morgan fingerprint density at radius 2 is 1.54 bits per heavy atom. The van der Waals surface area contributed by atoms with Crippen molar-refractivity contribution in [2.75, 3.05) is 6.26 Å². The van der Waals surface area contributed by atoms with Gasteiger partial charge in [0.15, 0.2) is 5.60 Å². The first-order valence-corrected chi connectivity index (χ1v) is 9.50. The zero-order valence-electron chi connectivity index (χ0n) is 13.8. The van der Waals surface area contributed by atoms with E-state index in [1.807, 2.05) is 31.2 Å². The van der Waals surface area contributed by atoms with Gasteiger partial charge in [0.1, 0.15) is 0 Å². The SMILES string of the molecule is CCc1ccccc1S(C)(O)c1ccc(C(C)(O)C(F)(F)F)cc1. The van der Waals surface area contributed by atoms with Crippen molar-refractivity contribution in [1.29, 1.82) is 0 Å². The van der Waals surface area contributed by atoms with Crippen molar-refractivity contribution in [2.24, 2.45) is 0 Å². The molecule has 2 unspecified atom stereocenters. The van der Waals surface area contributed by atoms with Crippen LogP contribution in [0, 0.1) is 0 Å². The summed E-state index contributed by atoms with van der Waals surface area (Å²) in [5, 5.41) is 9.73. The lowest BCUT2D eigenvalue weighted by molar-refractivity contribution is -0.258. The van der Waals surface area contributed by atoms with Crippen LogP contribution in [0.1, 0.15) is 25.0 Å². The second-order valence-corrected chi connectivity index (χ2v) is 8.59. The van der Waals surface area contributed by atoms with Crippen LogP contribution in [0.2, 0.25) is 0 Å². The van der Waals surface area contributed by atoms with E-state index in [2.05, 4.69) is 0 Å². The lowest BCUT2D eigenvalue weighted by atomic mass is 9.96. The van der Waals surface area contributed by atoms with E-state index in [1.165, 1.54) is 24.3 Å². The van der Waals surface area contributed by atoms with Gasteiger partial charge in [-0.15, -0.1) is 0 Å². The van der Waals surface area contributed by atoms with Crippen molar-refractivity contribution in [3.05, 3.63) is 59.7 Å². The zero-order valence-corrected chi connectivity index (χ0v) is 14.6. The summed E-state index contributed by atoms with van der Waals surface area (Å²) in [4.78, 5) is 1.34. The van der Waals surface area contributed by atoms with Crippen LogP contribution in [-0.2, 0) is 12.0 Å². The fourth-order valence-corrected chi connectivity index (χ4v) is 4.51. The van der Waals surface area contributed by atoms with Crippen LogP contribution in [0.3, 0.4) is 0 Å². The van der Waals surface area contributed by atoms with E-state index in [-0.39, 0.29) is 5.56 Å². The molecule has 2 rings (SSSR count). The summed E-state index contributed by atoms with van der Waals surface area (Å²) in [7, 11) is -2.34. The fourth-order valence-electron chi connectivity index (χ4n) is 2.52. The van der Waals surface area contributed by atoms with E-state index in [0.29, 0.717) is 4.90 Å². The molecule has 0 fully saturated rings. The monoisotopic (exact) mass is 358 g/mol. The second-order valence-electron chi connectivity index (χ2n) is 5.93. The summed E-state index contributed by atoms with van der Waals surface area (Å²) in [5.74, 6) is 0. The van der Waals surface area contributed by atoms with Gasteiger partial charge < -0.3 is 9.66 Å². The molecule has 0 saturated heterocycles. The number of halogens is 3. The molecule has 0 aliphatic rings. The number of aryl methyl sites for hydroxylation is 1. The first-order chi connectivity index (χ1) is 11.0. The van der Waals surface area contributed by atoms with E-state index >= 15 is 0 Å². The fraction of sp³-hybridized carbons (Fsp3) is 0.333. The highest BCUT2D eigenvalue weighted by Crippen LogP contribution is 2.57. The van der Waals surface area contributed by atoms with Gasteiger partial charge in [-0.05, 0) is 48.9 Å². The van der Waals surface area contributed by atoms with Crippen molar-refractivity contribution < 1.29 is 22.8 Å². The summed E-state index contributed by atoms with van der Waals surface area (Å²) in [5.41, 5.74) is -2.17. The lowest BCUT2D eigenvalue weighted by Crippen LogP contribution is -2.39. The predicted molar refractivity (Wildman–Crippen MR) is 90.6 cm³/mol. The Balaban J connectivity index is 2.43. The molecule has 0 aromatic heterocycles. The van der Waals surface area contributed by atoms with Crippen molar-refractivity contribution in [2.45, 2.75) is 41.8 Å². The minimum absolute atomic E-state index is 0.252. The quantitative estimate of drug-likeness (QED) is 0.774. The van der Waals surface area contributed by atoms with Crippen molar-refractivity contribution in [3.8, 4) is 0 Å². The standard InChI is InChI=1S/C18H21F3O2S/c1-4-13-7-5-6-8-16(13)24(3,23)15-11-9-14(10-12-15)17(2,22)18(19,20)21/h5-12,22-23H,4H2,1-3H3. The van der Waals surface area contributed by atoms with E-state index in [9.17, 15) is 22.8 Å². The molecule has 2 N–H and O–H groups in total. The highest BCUT2D eigenvalue weighted by Gasteiger charge is 2.51. The molecular formula is C18H21F3O2S. The molecule has 0 aliphatic carbocycles. The van der Waals surface area contributed by atoms with Crippen molar-refractivity contribution in [1.82, 2.24) is 0 Å². The topological polar surface area (TPSA) is 40.5 Å².